The van der Waals surface area contributed by atoms with E-state index in [1.165, 1.54) is 6.08 Å². The molecule has 0 N–H and O–H groups in total. The quantitative estimate of drug-likeness (QED) is 0.272. The van der Waals surface area contributed by atoms with Gasteiger partial charge in [-0.1, -0.05) is 36.4 Å². The van der Waals surface area contributed by atoms with E-state index in [9.17, 15) is 14.9 Å². The van der Waals surface area contributed by atoms with Gasteiger partial charge in [0.25, 0.3) is 5.91 Å². The second-order valence-electron chi connectivity index (χ2n) is 7.87. The van der Waals surface area contributed by atoms with Crippen LogP contribution in [-0.2, 0) is 4.79 Å². The lowest BCUT2D eigenvalue weighted by atomic mass is 10.1. The van der Waals surface area contributed by atoms with Gasteiger partial charge in [-0.05, 0) is 43.2 Å². The van der Waals surface area contributed by atoms with Crippen LogP contribution in [0, 0.1) is 11.3 Å². The number of benzene rings is 2. The Hall–Kier alpha value is -4.44. The maximum absolute atomic E-state index is 12.9. The largest absolute Gasteiger partial charge is 0.422 e. The molecule has 0 bridgehead atoms. The first-order valence-electron chi connectivity index (χ1n) is 10.7. The second-order valence-corrected chi connectivity index (χ2v) is 7.87. The molecular formula is C26H20N4O3. The Morgan fingerprint density at radius 3 is 2.55 bits per heavy atom. The minimum atomic E-state index is -0.536. The summed E-state index contributed by atoms with van der Waals surface area (Å²) in [7, 11) is 0. The van der Waals surface area contributed by atoms with E-state index in [4.69, 9.17) is 4.42 Å². The predicted molar refractivity (Wildman–Crippen MR) is 124 cm³/mol. The molecule has 1 aliphatic heterocycles. The molecular weight excluding hydrogens is 416 g/mol. The van der Waals surface area contributed by atoms with Gasteiger partial charge in [-0.25, -0.2) is 9.48 Å². The fourth-order valence-corrected chi connectivity index (χ4v) is 4.03. The number of nitriles is 1. The lowest BCUT2D eigenvalue weighted by molar-refractivity contribution is -0.125. The third-order valence-electron chi connectivity index (χ3n) is 5.70. The van der Waals surface area contributed by atoms with E-state index in [1.54, 1.807) is 34.0 Å². The van der Waals surface area contributed by atoms with Gasteiger partial charge in [0, 0.05) is 30.2 Å². The Bertz CT molecular complexity index is 1470. The highest BCUT2D eigenvalue weighted by atomic mass is 16.4. The molecule has 1 amide bonds. The number of nitrogens with zero attached hydrogens (tertiary/aromatic N) is 4. The molecule has 3 heterocycles. The number of aromatic nitrogens is 2. The number of para-hydroxylation sites is 2. The zero-order valence-electron chi connectivity index (χ0n) is 17.8. The topological polar surface area (TPSA) is 92.1 Å². The van der Waals surface area contributed by atoms with Crippen molar-refractivity contribution in [2.75, 3.05) is 13.1 Å². The molecule has 0 atom stereocenters. The number of fused-ring (bicyclic) bond motifs is 1. The first-order chi connectivity index (χ1) is 16.1. The Morgan fingerprint density at radius 1 is 1.06 bits per heavy atom. The maximum Gasteiger partial charge on any atom is 0.345 e. The van der Waals surface area contributed by atoms with Crippen LogP contribution in [0.4, 0.5) is 0 Å². The highest BCUT2D eigenvalue weighted by Crippen LogP contribution is 2.27. The summed E-state index contributed by atoms with van der Waals surface area (Å²) in [5.74, 6) is -0.307. The molecule has 1 fully saturated rings. The summed E-state index contributed by atoms with van der Waals surface area (Å²) < 4.78 is 7.14. The summed E-state index contributed by atoms with van der Waals surface area (Å²) >= 11 is 0. The predicted octanol–water partition coefficient (Wildman–Crippen LogP) is 4.18. The first kappa shape index (κ1) is 20.5. The molecule has 2 aromatic carbocycles. The monoisotopic (exact) mass is 436 g/mol. The molecule has 4 aromatic rings. The summed E-state index contributed by atoms with van der Waals surface area (Å²) in [6, 6.07) is 20.4. The van der Waals surface area contributed by atoms with E-state index < -0.39 is 5.63 Å². The van der Waals surface area contributed by atoms with Gasteiger partial charge in [0.2, 0.25) is 0 Å². The standard InChI is InChI=1S/C26H20N4O3/c27-16-19(25(31)29-12-6-7-13-29)14-20-17-30(21-9-2-1-3-10-21)28-24(20)22-15-18-8-4-5-11-23(18)33-26(22)32/h1-5,8-11,14-15,17H,6-7,12-13H2/b19-14+. The molecule has 0 spiro atoms. The molecule has 5 rings (SSSR count). The van der Waals surface area contributed by atoms with Gasteiger partial charge in [0.1, 0.15) is 22.9 Å². The minimum Gasteiger partial charge on any atom is -0.422 e. The Kier molecular flexibility index (Phi) is 5.33. The summed E-state index contributed by atoms with van der Waals surface area (Å²) in [6.07, 6.45) is 5.09. The van der Waals surface area contributed by atoms with E-state index in [0.717, 1.165) is 23.9 Å². The number of amides is 1. The number of carbonyl (C=O) groups is 1. The van der Waals surface area contributed by atoms with E-state index >= 15 is 0 Å². The fraction of sp³-hybridized carbons (Fsp3) is 0.154. The van der Waals surface area contributed by atoms with E-state index in [2.05, 4.69) is 5.10 Å². The third-order valence-corrected chi connectivity index (χ3v) is 5.70. The average Bonchev–Trinajstić information content (AvgIpc) is 3.53. The average molecular weight is 436 g/mol. The van der Waals surface area contributed by atoms with Crippen LogP contribution in [0.25, 0.3) is 34.0 Å². The number of hydrogen-bond acceptors (Lipinski definition) is 5. The van der Waals surface area contributed by atoms with E-state index in [0.29, 0.717) is 29.9 Å². The lowest BCUT2D eigenvalue weighted by Crippen LogP contribution is -2.28. The molecule has 1 aliphatic rings. The summed E-state index contributed by atoms with van der Waals surface area (Å²) in [5.41, 5.74) is 1.84. The van der Waals surface area contributed by atoms with Crippen LogP contribution in [0.3, 0.4) is 0 Å². The molecule has 7 heteroatoms. The van der Waals surface area contributed by atoms with Gasteiger partial charge in [-0.2, -0.15) is 10.4 Å². The van der Waals surface area contributed by atoms with Crippen molar-refractivity contribution in [2.45, 2.75) is 12.8 Å². The number of carbonyl (C=O) groups excluding carboxylic acids is 1. The summed E-state index contributed by atoms with van der Waals surface area (Å²) in [4.78, 5) is 27.4. The smallest absolute Gasteiger partial charge is 0.345 e. The van der Waals surface area contributed by atoms with Crippen LogP contribution in [0.1, 0.15) is 18.4 Å². The Morgan fingerprint density at radius 2 is 1.79 bits per heavy atom. The van der Waals surface area contributed by atoms with Crippen molar-refractivity contribution >= 4 is 23.0 Å². The van der Waals surface area contributed by atoms with Crippen LogP contribution < -0.4 is 5.63 Å². The van der Waals surface area contributed by atoms with E-state index in [-0.39, 0.29) is 17.0 Å². The van der Waals surface area contributed by atoms with Crippen LogP contribution in [0.2, 0.25) is 0 Å². The normalized spacial score (nSPS) is 13.9. The molecule has 0 saturated carbocycles. The minimum absolute atomic E-state index is 0.0101. The number of hydrogen-bond donors (Lipinski definition) is 0. The van der Waals surface area contributed by atoms with Crippen molar-refractivity contribution in [2.24, 2.45) is 0 Å². The van der Waals surface area contributed by atoms with Gasteiger partial charge in [-0.3, -0.25) is 4.79 Å². The van der Waals surface area contributed by atoms with Crippen LogP contribution in [0.5, 0.6) is 0 Å². The second kappa shape index (κ2) is 8.60. The molecule has 0 radical (unpaired) electrons. The van der Waals surface area contributed by atoms with Crippen LogP contribution in [-0.4, -0.2) is 33.7 Å². The molecule has 33 heavy (non-hydrogen) atoms. The molecule has 0 aliphatic carbocycles. The molecule has 2 aromatic heterocycles. The molecule has 7 nitrogen and oxygen atoms in total. The number of likely N-dealkylation sites (tertiary alicyclic amines) is 1. The van der Waals surface area contributed by atoms with Crippen molar-refractivity contribution in [1.82, 2.24) is 14.7 Å². The number of rotatable bonds is 4. The highest BCUT2D eigenvalue weighted by Gasteiger charge is 2.23. The lowest BCUT2D eigenvalue weighted by Gasteiger charge is -2.13. The molecule has 1 saturated heterocycles. The van der Waals surface area contributed by atoms with Gasteiger partial charge >= 0.3 is 5.63 Å². The molecule has 162 valence electrons. The summed E-state index contributed by atoms with van der Waals surface area (Å²) in [6.45, 7) is 1.28. The highest BCUT2D eigenvalue weighted by molar-refractivity contribution is 6.02. The van der Waals surface area contributed by atoms with Gasteiger partial charge < -0.3 is 9.32 Å². The maximum atomic E-state index is 12.9. The van der Waals surface area contributed by atoms with Crippen molar-refractivity contribution in [1.29, 1.82) is 5.26 Å². The van der Waals surface area contributed by atoms with Gasteiger partial charge in [0.05, 0.1) is 11.3 Å². The SMILES string of the molecule is N#C/C(=C\c1cn(-c2ccccc2)nc1-c1cc2ccccc2oc1=O)C(=O)N1CCCC1. The summed E-state index contributed by atoms with van der Waals surface area (Å²) in [5, 5.41) is 15.1. The van der Waals surface area contributed by atoms with Crippen molar-refractivity contribution in [3.05, 3.63) is 88.4 Å². The van der Waals surface area contributed by atoms with Crippen LogP contribution in [0.15, 0.2) is 81.6 Å². The Balaban J connectivity index is 1.68. The van der Waals surface area contributed by atoms with Gasteiger partial charge in [-0.15, -0.1) is 0 Å². The Labute approximate surface area is 189 Å². The van der Waals surface area contributed by atoms with Crippen molar-refractivity contribution < 1.29 is 9.21 Å². The molecule has 0 unspecified atom stereocenters. The van der Waals surface area contributed by atoms with Crippen LogP contribution >= 0.6 is 0 Å². The van der Waals surface area contributed by atoms with Crippen molar-refractivity contribution in [3.8, 4) is 23.0 Å². The van der Waals surface area contributed by atoms with E-state index in [1.807, 2.05) is 48.5 Å². The van der Waals surface area contributed by atoms with Crippen molar-refractivity contribution in [3.63, 3.8) is 0 Å². The zero-order valence-corrected chi connectivity index (χ0v) is 17.8. The first-order valence-corrected chi connectivity index (χ1v) is 10.7. The fourth-order valence-electron chi connectivity index (χ4n) is 4.03. The zero-order chi connectivity index (χ0) is 22.8. The van der Waals surface area contributed by atoms with Gasteiger partial charge in [0.15, 0.2) is 0 Å². The third kappa shape index (κ3) is 3.94.